The molecule has 0 spiro atoms. The highest BCUT2D eigenvalue weighted by Gasteiger charge is 2.28. The summed E-state index contributed by atoms with van der Waals surface area (Å²) in [5, 5.41) is 31.6. The number of nitrogens with one attached hydrogen (secondary N) is 1. The van der Waals surface area contributed by atoms with E-state index in [0.717, 1.165) is 12.6 Å². The molecular formula is C14H22N2O3. The fourth-order valence-corrected chi connectivity index (χ4v) is 2.15. The van der Waals surface area contributed by atoms with Gasteiger partial charge in [0, 0.05) is 30.7 Å². The molecule has 5 nitrogen and oxygen atoms in total. The average Bonchev–Trinajstić information content (AvgIpc) is 3.22. The number of nitrogens with zero attached hydrogens (tertiary/aromatic N) is 1. The average molecular weight is 266 g/mol. The fourth-order valence-electron chi connectivity index (χ4n) is 2.15. The van der Waals surface area contributed by atoms with Crippen LogP contribution in [0.5, 0.6) is 17.2 Å². The summed E-state index contributed by atoms with van der Waals surface area (Å²) in [6.45, 7) is 3.44. The standard InChI is InChI=1S/C14H22N2O3/c1-9(16(2)11-4-5-11)7-15-8-10-3-6-12(17)14(19)13(10)18/h3,6,9,11,15,17-19H,4-5,7-8H2,1-2H3. The molecule has 1 fully saturated rings. The van der Waals surface area contributed by atoms with Gasteiger partial charge in [0.25, 0.3) is 0 Å². The summed E-state index contributed by atoms with van der Waals surface area (Å²) in [6, 6.07) is 4.14. The summed E-state index contributed by atoms with van der Waals surface area (Å²) in [5.74, 6) is -1.01. The van der Waals surface area contributed by atoms with Crippen LogP contribution in [0.15, 0.2) is 12.1 Å². The van der Waals surface area contributed by atoms with Crippen LogP contribution in [-0.4, -0.2) is 45.9 Å². The minimum atomic E-state index is -0.456. The molecule has 1 aliphatic rings. The van der Waals surface area contributed by atoms with Crippen molar-refractivity contribution >= 4 is 0 Å². The van der Waals surface area contributed by atoms with Gasteiger partial charge in [-0.2, -0.15) is 0 Å². The lowest BCUT2D eigenvalue weighted by Crippen LogP contribution is -2.38. The molecule has 0 aliphatic heterocycles. The maximum absolute atomic E-state index is 9.69. The zero-order chi connectivity index (χ0) is 14.0. The summed E-state index contributed by atoms with van der Waals surface area (Å²) < 4.78 is 0. The second kappa shape index (κ2) is 5.67. The van der Waals surface area contributed by atoms with Crippen LogP contribution >= 0.6 is 0 Å². The molecule has 19 heavy (non-hydrogen) atoms. The SMILES string of the molecule is CC(CNCc1ccc(O)c(O)c1O)N(C)C1CC1. The lowest BCUT2D eigenvalue weighted by atomic mass is 10.1. The van der Waals surface area contributed by atoms with Crippen molar-refractivity contribution in [3.8, 4) is 17.2 Å². The first-order valence-electron chi connectivity index (χ1n) is 6.66. The van der Waals surface area contributed by atoms with Crippen LogP contribution in [-0.2, 0) is 6.54 Å². The van der Waals surface area contributed by atoms with Gasteiger partial charge < -0.3 is 20.6 Å². The van der Waals surface area contributed by atoms with E-state index in [1.165, 1.54) is 18.9 Å². The Bertz CT molecular complexity index is 447. The zero-order valence-corrected chi connectivity index (χ0v) is 11.4. The van der Waals surface area contributed by atoms with Crippen LogP contribution in [0.3, 0.4) is 0 Å². The Morgan fingerprint density at radius 1 is 1.26 bits per heavy atom. The van der Waals surface area contributed by atoms with Crippen molar-refractivity contribution in [2.45, 2.75) is 38.4 Å². The Hall–Kier alpha value is -1.46. The molecule has 0 amide bonds. The molecule has 1 atom stereocenters. The molecule has 0 radical (unpaired) electrons. The maximum Gasteiger partial charge on any atom is 0.200 e. The fraction of sp³-hybridized carbons (Fsp3) is 0.571. The third-order valence-electron chi connectivity index (χ3n) is 3.79. The van der Waals surface area contributed by atoms with Crippen molar-refractivity contribution in [2.24, 2.45) is 0 Å². The van der Waals surface area contributed by atoms with Gasteiger partial charge in [-0.05, 0) is 32.9 Å². The van der Waals surface area contributed by atoms with E-state index >= 15 is 0 Å². The predicted molar refractivity (Wildman–Crippen MR) is 73.4 cm³/mol. The zero-order valence-electron chi connectivity index (χ0n) is 11.4. The minimum absolute atomic E-state index is 0.254. The number of hydrogen-bond acceptors (Lipinski definition) is 5. The van der Waals surface area contributed by atoms with Crippen LogP contribution in [0.2, 0.25) is 0 Å². The van der Waals surface area contributed by atoms with Gasteiger partial charge in [-0.15, -0.1) is 0 Å². The molecule has 1 aromatic carbocycles. The topological polar surface area (TPSA) is 76.0 Å². The normalized spacial score (nSPS) is 16.8. The van der Waals surface area contributed by atoms with Gasteiger partial charge in [-0.3, -0.25) is 4.90 Å². The van der Waals surface area contributed by atoms with Crippen molar-refractivity contribution in [3.63, 3.8) is 0 Å². The predicted octanol–water partition coefficient (Wildman–Crippen LogP) is 1.38. The molecule has 0 aromatic heterocycles. The highest BCUT2D eigenvalue weighted by molar-refractivity contribution is 5.52. The van der Waals surface area contributed by atoms with Crippen molar-refractivity contribution in [2.75, 3.05) is 13.6 Å². The number of rotatable bonds is 6. The third kappa shape index (κ3) is 3.30. The number of benzene rings is 1. The highest BCUT2D eigenvalue weighted by Crippen LogP contribution is 2.36. The van der Waals surface area contributed by atoms with Crippen LogP contribution in [0.4, 0.5) is 0 Å². The lowest BCUT2D eigenvalue weighted by Gasteiger charge is -2.24. The molecule has 1 aromatic rings. The molecule has 106 valence electrons. The van der Waals surface area contributed by atoms with Gasteiger partial charge in [0.15, 0.2) is 11.5 Å². The summed E-state index contributed by atoms with van der Waals surface area (Å²) in [7, 11) is 2.13. The van der Waals surface area contributed by atoms with Crippen LogP contribution in [0.25, 0.3) is 0 Å². The molecule has 1 unspecified atom stereocenters. The quantitative estimate of drug-likeness (QED) is 0.585. The number of hydrogen-bond donors (Lipinski definition) is 4. The van der Waals surface area contributed by atoms with Crippen molar-refractivity contribution in [3.05, 3.63) is 17.7 Å². The highest BCUT2D eigenvalue weighted by atomic mass is 16.3. The Labute approximate surface area is 113 Å². The summed E-state index contributed by atoms with van der Waals surface area (Å²) in [4.78, 5) is 2.36. The second-order valence-electron chi connectivity index (χ2n) is 5.32. The van der Waals surface area contributed by atoms with E-state index in [2.05, 4.69) is 24.2 Å². The first-order chi connectivity index (χ1) is 9.00. The van der Waals surface area contributed by atoms with Gasteiger partial charge in [-0.25, -0.2) is 0 Å². The van der Waals surface area contributed by atoms with Gasteiger partial charge >= 0.3 is 0 Å². The van der Waals surface area contributed by atoms with E-state index in [1.54, 1.807) is 6.07 Å². The first kappa shape index (κ1) is 14.0. The van der Waals surface area contributed by atoms with Crippen LogP contribution in [0.1, 0.15) is 25.3 Å². The second-order valence-corrected chi connectivity index (χ2v) is 5.32. The van der Waals surface area contributed by atoms with Gasteiger partial charge in [-0.1, -0.05) is 6.07 Å². The molecule has 4 N–H and O–H groups in total. The van der Waals surface area contributed by atoms with E-state index in [4.69, 9.17) is 0 Å². The molecular weight excluding hydrogens is 244 g/mol. The van der Waals surface area contributed by atoms with E-state index in [0.29, 0.717) is 18.2 Å². The minimum Gasteiger partial charge on any atom is -0.504 e. The Morgan fingerprint density at radius 3 is 2.58 bits per heavy atom. The lowest BCUT2D eigenvalue weighted by molar-refractivity contribution is 0.240. The Morgan fingerprint density at radius 2 is 1.95 bits per heavy atom. The largest absolute Gasteiger partial charge is 0.504 e. The number of aromatic hydroxyl groups is 3. The molecule has 1 aliphatic carbocycles. The Balaban J connectivity index is 1.83. The third-order valence-corrected chi connectivity index (χ3v) is 3.79. The van der Waals surface area contributed by atoms with E-state index in [-0.39, 0.29) is 11.5 Å². The van der Waals surface area contributed by atoms with Gasteiger partial charge in [0.1, 0.15) is 0 Å². The molecule has 2 rings (SSSR count). The first-order valence-corrected chi connectivity index (χ1v) is 6.66. The van der Waals surface area contributed by atoms with Crippen molar-refractivity contribution < 1.29 is 15.3 Å². The summed E-state index contributed by atoms with van der Waals surface area (Å²) in [5.41, 5.74) is 0.580. The van der Waals surface area contributed by atoms with Crippen LogP contribution in [0, 0.1) is 0 Å². The number of likely N-dealkylation sites (N-methyl/N-ethyl adjacent to an activating group) is 1. The summed E-state index contributed by atoms with van der Waals surface area (Å²) in [6.07, 6.45) is 2.57. The number of phenolic OH excluding ortho intramolecular Hbond substituents is 3. The van der Waals surface area contributed by atoms with Crippen molar-refractivity contribution in [1.82, 2.24) is 10.2 Å². The van der Waals surface area contributed by atoms with E-state index < -0.39 is 5.75 Å². The maximum atomic E-state index is 9.69. The van der Waals surface area contributed by atoms with Gasteiger partial charge in [0.05, 0.1) is 0 Å². The molecule has 5 heteroatoms. The van der Waals surface area contributed by atoms with Crippen LogP contribution < -0.4 is 5.32 Å². The summed E-state index contributed by atoms with van der Waals surface area (Å²) >= 11 is 0. The van der Waals surface area contributed by atoms with E-state index in [9.17, 15) is 15.3 Å². The monoisotopic (exact) mass is 266 g/mol. The molecule has 0 bridgehead atoms. The smallest absolute Gasteiger partial charge is 0.200 e. The molecule has 1 saturated carbocycles. The van der Waals surface area contributed by atoms with Crippen molar-refractivity contribution in [1.29, 1.82) is 0 Å². The van der Waals surface area contributed by atoms with Gasteiger partial charge in [0.2, 0.25) is 5.75 Å². The van der Waals surface area contributed by atoms with E-state index in [1.807, 2.05) is 0 Å². The Kier molecular flexibility index (Phi) is 4.17. The number of phenols is 3. The molecule has 0 heterocycles. The molecule has 0 saturated heterocycles.